The van der Waals surface area contributed by atoms with E-state index in [9.17, 15) is 0 Å². The molecule has 2 nitrogen and oxygen atoms in total. The summed E-state index contributed by atoms with van der Waals surface area (Å²) in [6.45, 7) is 6.69. The summed E-state index contributed by atoms with van der Waals surface area (Å²) in [5.74, 6) is 1.17. The third-order valence-corrected chi connectivity index (χ3v) is 4.81. The van der Waals surface area contributed by atoms with Crippen LogP contribution in [0.3, 0.4) is 0 Å². The van der Waals surface area contributed by atoms with Crippen LogP contribution in [0.25, 0.3) is 0 Å². The van der Waals surface area contributed by atoms with Crippen molar-refractivity contribution in [3.63, 3.8) is 0 Å². The van der Waals surface area contributed by atoms with Gasteiger partial charge in [0.2, 0.25) is 0 Å². The SMILES string of the molecule is CCC(N=C1NC(C)(C)CCS1)c1cccs1. The number of rotatable bonds is 3. The minimum Gasteiger partial charge on any atom is -0.360 e. The Bertz CT molecular complexity index is 382. The number of amidine groups is 1. The van der Waals surface area contributed by atoms with E-state index in [0.717, 1.165) is 11.6 Å². The second-order valence-electron chi connectivity index (χ2n) is 4.98. The van der Waals surface area contributed by atoms with Crippen molar-refractivity contribution in [1.82, 2.24) is 5.32 Å². The number of hydrogen-bond acceptors (Lipinski definition) is 3. The average molecular weight is 268 g/mol. The molecule has 1 N–H and O–H groups in total. The zero-order chi connectivity index (χ0) is 12.3. The number of nitrogens with one attached hydrogen (secondary N) is 1. The molecule has 0 spiro atoms. The third kappa shape index (κ3) is 3.49. The first-order chi connectivity index (χ1) is 8.11. The van der Waals surface area contributed by atoms with Gasteiger partial charge in [0, 0.05) is 16.2 Å². The summed E-state index contributed by atoms with van der Waals surface area (Å²) in [7, 11) is 0. The molecule has 17 heavy (non-hydrogen) atoms. The van der Waals surface area contributed by atoms with E-state index in [-0.39, 0.29) is 5.54 Å². The van der Waals surface area contributed by atoms with Crippen LogP contribution in [0.1, 0.15) is 44.5 Å². The molecule has 1 aliphatic heterocycles. The third-order valence-electron chi connectivity index (χ3n) is 2.94. The van der Waals surface area contributed by atoms with Crippen LogP contribution in [-0.2, 0) is 0 Å². The van der Waals surface area contributed by atoms with Crippen molar-refractivity contribution in [2.75, 3.05) is 5.75 Å². The van der Waals surface area contributed by atoms with E-state index in [1.54, 1.807) is 11.3 Å². The maximum Gasteiger partial charge on any atom is 0.157 e. The first-order valence-electron chi connectivity index (χ1n) is 6.13. The molecule has 2 rings (SSSR count). The lowest BCUT2D eigenvalue weighted by molar-refractivity contribution is 0.445. The first kappa shape index (κ1) is 13.0. The van der Waals surface area contributed by atoms with Crippen molar-refractivity contribution in [3.8, 4) is 0 Å². The van der Waals surface area contributed by atoms with Crippen molar-refractivity contribution >= 4 is 28.3 Å². The number of nitrogens with zero attached hydrogens (tertiary/aromatic N) is 1. The summed E-state index contributed by atoms with van der Waals surface area (Å²) in [6, 6.07) is 4.61. The molecule has 1 unspecified atom stereocenters. The monoisotopic (exact) mass is 268 g/mol. The Labute approximate surface area is 112 Å². The van der Waals surface area contributed by atoms with E-state index in [1.807, 2.05) is 11.8 Å². The van der Waals surface area contributed by atoms with E-state index in [4.69, 9.17) is 4.99 Å². The van der Waals surface area contributed by atoms with Gasteiger partial charge in [0.1, 0.15) is 0 Å². The molecule has 1 fully saturated rings. The Hall–Kier alpha value is -0.480. The Kier molecular flexibility index (Phi) is 4.15. The van der Waals surface area contributed by atoms with Crippen LogP contribution in [0.5, 0.6) is 0 Å². The molecule has 0 amide bonds. The minimum absolute atomic E-state index is 0.192. The van der Waals surface area contributed by atoms with Crippen molar-refractivity contribution in [3.05, 3.63) is 22.4 Å². The van der Waals surface area contributed by atoms with Crippen LogP contribution in [0.4, 0.5) is 0 Å². The van der Waals surface area contributed by atoms with Gasteiger partial charge in [0.25, 0.3) is 0 Å². The summed E-state index contributed by atoms with van der Waals surface area (Å²) in [5, 5.41) is 6.78. The largest absolute Gasteiger partial charge is 0.360 e. The van der Waals surface area contributed by atoms with Gasteiger partial charge < -0.3 is 5.32 Å². The van der Waals surface area contributed by atoms with Gasteiger partial charge in [-0.25, -0.2) is 0 Å². The molecule has 1 aromatic heterocycles. The second-order valence-corrected chi connectivity index (χ2v) is 7.04. The number of thioether (sulfide) groups is 1. The highest BCUT2D eigenvalue weighted by Gasteiger charge is 2.25. The van der Waals surface area contributed by atoms with Gasteiger partial charge in [-0.3, -0.25) is 4.99 Å². The van der Waals surface area contributed by atoms with Gasteiger partial charge >= 0.3 is 0 Å². The Morgan fingerprint density at radius 3 is 2.94 bits per heavy atom. The summed E-state index contributed by atoms with van der Waals surface area (Å²) < 4.78 is 0. The molecule has 0 radical (unpaired) electrons. The van der Waals surface area contributed by atoms with Crippen molar-refractivity contribution in [2.45, 2.75) is 45.2 Å². The minimum atomic E-state index is 0.192. The first-order valence-corrected chi connectivity index (χ1v) is 7.99. The van der Waals surface area contributed by atoms with Crippen LogP contribution >= 0.6 is 23.1 Å². The molecular formula is C13H20N2S2. The molecule has 0 aliphatic carbocycles. The van der Waals surface area contributed by atoms with Crippen LogP contribution in [0.15, 0.2) is 22.5 Å². The maximum absolute atomic E-state index is 4.87. The average Bonchev–Trinajstić information content (AvgIpc) is 2.78. The maximum atomic E-state index is 4.87. The fraction of sp³-hybridized carbons (Fsp3) is 0.615. The fourth-order valence-electron chi connectivity index (χ4n) is 1.84. The zero-order valence-corrected chi connectivity index (χ0v) is 12.3. The zero-order valence-electron chi connectivity index (χ0n) is 10.7. The van der Waals surface area contributed by atoms with Crippen molar-refractivity contribution < 1.29 is 0 Å². The summed E-state index contributed by atoms with van der Waals surface area (Å²) >= 11 is 3.65. The van der Waals surface area contributed by atoms with Crippen LogP contribution in [0.2, 0.25) is 0 Å². The molecule has 1 saturated heterocycles. The normalized spacial score (nSPS) is 23.4. The van der Waals surface area contributed by atoms with E-state index in [1.165, 1.54) is 17.1 Å². The van der Waals surface area contributed by atoms with E-state index >= 15 is 0 Å². The molecule has 4 heteroatoms. The second kappa shape index (κ2) is 5.44. The lowest BCUT2D eigenvalue weighted by Gasteiger charge is -2.32. The van der Waals surface area contributed by atoms with Gasteiger partial charge in [0.15, 0.2) is 5.17 Å². The quantitative estimate of drug-likeness (QED) is 0.894. The van der Waals surface area contributed by atoms with Gasteiger partial charge in [-0.1, -0.05) is 24.8 Å². The molecule has 2 heterocycles. The highest BCUT2D eigenvalue weighted by Crippen LogP contribution is 2.29. The predicted octanol–water partition coefficient (Wildman–Crippen LogP) is 4.06. The standard InChI is InChI=1S/C13H20N2S2/c1-4-10(11-6-5-8-16-11)14-12-15-13(2,3)7-9-17-12/h5-6,8,10H,4,7,9H2,1-3H3,(H,14,15). The van der Waals surface area contributed by atoms with E-state index in [0.29, 0.717) is 6.04 Å². The molecule has 1 aromatic rings. The van der Waals surface area contributed by atoms with Crippen molar-refractivity contribution in [2.24, 2.45) is 4.99 Å². The Balaban J connectivity index is 2.11. The van der Waals surface area contributed by atoms with Gasteiger partial charge in [0.05, 0.1) is 6.04 Å². The Morgan fingerprint density at radius 2 is 2.35 bits per heavy atom. The molecule has 0 saturated carbocycles. The number of hydrogen-bond donors (Lipinski definition) is 1. The van der Waals surface area contributed by atoms with Crippen LogP contribution in [-0.4, -0.2) is 16.5 Å². The van der Waals surface area contributed by atoms with E-state index in [2.05, 4.69) is 43.6 Å². The lowest BCUT2D eigenvalue weighted by Crippen LogP contribution is -2.46. The smallest absolute Gasteiger partial charge is 0.157 e. The molecule has 0 bridgehead atoms. The summed E-state index contributed by atoms with van der Waals surface area (Å²) in [5.41, 5.74) is 0.192. The number of thiophene rings is 1. The van der Waals surface area contributed by atoms with E-state index < -0.39 is 0 Å². The van der Waals surface area contributed by atoms with Gasteiger partial charge in [-0.05, 0) is 38.1 Å². The number of aliphatic imine (C=N–C) groups is 1. The molecular weight excluding hydrogens is 248 g/mol. The molecule has 0 aromatic carbocycles. The lowest BCUT2D eigenvalue weighted by atomic mass is 10.0. The highest BCUT2D eigenvalue weighted by molar-refractivity contribution is 8.13. The van der Waals surface area contributed by atoms with Crippen LogP contribution in [0, 0.1) is 0 Å². The molecule has 1 aliphatic rings. The van der Waals surface area contributed by atoms with Crippen molar-refractivity contribution in [1.29, 1.82) is 0 Å². The Morgan fingerprint density at radius 1 is 1.53 bits per heavy atom. The molecule has 94 valence electrons. The van der Waals surface area contributed by atoms with Gasteiger partial charge in [-0.2, -0.15) is 0 Å². The van der Waals surface area contributed by atoms with Crippen LogP contribution < -0.4 is 5.32 Å². The fourth-order valence-corrected chi connectivity index (χ4v) is 4.04. The van der Waals surface area contributed by atoms with Gasteiger partial charge in [-0.15, -0.1) is 11.3 Å². The molecule has 1 atom stereocenters. The topological polar surface area (TPSA) is 24.4 Å². The highest BCUT2D eigenvalue weighted by atomic mass is 32.2. The summed E-state index contributed by atoms with van der Waals surface area (Å²) in [4.78, 5) is 6.24. The summed E-state index contributed by atoms with van der Waals surface area (Å²) in [6.07, 6.45) is 2.26. The predicted molar refractivity (Wildman–Crippen MR) is 79.1 cm³/mol.